The molecule has 0 saturated carbocycles. The first-order chi connectivity index (χ1) is 8.43. The zero-order valence-corrected chi connectivity index (χ0v) is 11.3. The Kier molecular flexibility index (Phi) is 5.47. The van der Waals surface area contributed by atoms with Crippen LogP contribution in [-0.2, 0) is 16.6 Å². The summed E-state index contributed by atoms with van der Waals surface area (Å²) in [4.78, 5) is 10.8. The van der Waals surface area contributed by atoms with E-state index in [1.54, 1.807) is 0 Å². The Morgan fingerprint density at radius 1 is 1.50 bits per heavy atom. The van der Waals surface area contributed by atoms with E-state index >= 15 is 0 Å². The highest BCUT2D eigenvalue weighted by Crippen LogP contribution is 2.14. The lowest BCUT2D eigenvalue weighted by Gasteiger charge is -2.09. The molecule has 1 aromatic carbocycles. The summed E-state index contributed by atoms with van der Waals surface area (Å²) < 4.78 is 25.3. The van der Waals surface area contributed by atoms with E-state index < -0.39 is 22.6 Å². The lowest BCUT2D eigenvalue weighted by molar-refractivity contribution is 0.0696. The molecule has 0 aliphatic heterocycles. The zero-order chi connectivity index (χ0) is 13.7. The molecule has 0 fully saturated rings. The molecule has 0 amide bonds. The Hall–Kier alpha value is -1.23. The highest BCUT2D eigenvalue weighted by Gasteiger charge is 2.12. The first-order valence-electron chi connectivity index (χ1n) is 5.80. The van der Waals surface area contributed by atoms with E-state index in [4.69, 9.17) is 5.11 Å². The molecule has 0 bridgehead atoms. The van der Waals surface area contributed by atoms with Crippen molar-refractivity contribution in [3.63, 3.8) is 0 Å². The van der Waals surface area contributed by atoms with Gasteiger partial charge in [-0.05, 0) is 24.1 Å². The van der Waals surface area contributed by atoms with Gasteiger partial charge in [0.1, 0.15) is 5.82 Å². The minimum absolute atomic E-state index is 0.0203. The molecular weight excluding hydrogens is 255 g/mol. The smallest absolute Gasteiger partial charge is 0.335 e. The van der Waals surface area contributed by atoms with E-state index in [0.717, 1.165) is 12.5 Å². The fraction of sp³-hybridized carbons (Fsp3) is 0.462. The number of rotatable bonds is 6. The van der Waals surface area contributed by atoms with Crippen molar-refractivity contribution < 1.29 is 18.5 Å². The third kappa shape index (κ3) is 4.22. The van der Waals surface area contributed by atoms with Crippen LogP contribution in [0.1, 0.15) is 36.2 Å². The molecule has 1 N–H and O–H groups in total. The number of carboxylic acids is 1. The molecule has 1 rings (SSSR count). The van der Waals surface area contributed by atoms with Crippen LogP contribution in [0.4, 0.5) is 4.39 Å². The van der Waals surface area contributed by atoms with Crippen molar-refractivity contribution in [2.75, 3.05) is 5.75 Å². The van der Waals surface area contributed by atoms with Gasteiger partial charge in [-0.3, -0.25) is 4.21 Å². The topological polar surface area (TPSA) is 54.4 Å². The Bertz CT molecular complexity index is 460. The summed E-state index contributed by atoms with van der Waals surface area (Å²) in [6.07, 6.45) is 0.920. The van der Waals surface area contributed by atoms with E-state index in [1.165, 1.54) is 12.1 Å². The standard InChI is InChI=1S/C13H17FO3S/c1-3-9(2)7-18(17)8-11-6-10(13(15)16)4-5-12(11)14/h4-6,9H,3,7-8H2,1-2H3,(H,15,16). The Labute approximate surface area is 108 Å². The van der Waals surface area contributed by atoms with E-state index in [-0.39, 0.29) is 16.9 Å². The summed E-state index contributed by atoms with van der Waals surface area (Å²) in [5.74, 6) is -0.720. The number of carbonyl (C=O) groups is 1. The Morgan fingerprint density at radius 2 is 2.17 bits per heavy atom. The molecule has 3 nitrogen and oxygen atoms in total. The van der Waals surface area contributed by atoms with Gasteiger partial charge in [-0.2, -0.15) is 0 Å². The van der Waals surface area contributed by atoms with Gasteiger partial charge in [0.25, 0.3) is 0 Å². The van der Waals surface area contributed by atoms with Gasteiger partial charge >= 0.3 is 5.97 Å². The molecule has 0 heterocycles. The monoisotopic (exact) mass is 272 g/mol. The highest BCUT2D eigenvalue weighted by atomic mass is 32.2. The van der Waals surface area contributed by atoms with Crippen molar-refractivity contribution in [2.24, 2.45) is 5.92 Å². The number of halogens is 1. The summed E-state index contributed by atoms with van der Waals surface area (Å²) >= 11 is 0. The third-order valence-corrected chi connectivity index (χ3v) is 4.35. The van der Waals surface area contributed by atoms with Gasteiger partial charge in [0.15, 0.2) is 0 Å². The molecule has 18 heavy (non-hydrogen) atoms. The molecule has 0 aromatic heterocycles. The van der Waals surface area contributed by atoms with Crippen LogP contribution in [0.5, 0.6) is 0 Å². The number of benzene rings is 1. The predicted octanol–water partition coefficient (Wildman–Crippen LogP) is 2.82. The lowest BCUT2D eigenvalue weighted by atomic mass is 10.1. The molecule has 100 valence electrons. The van der Waals surface area contributed by atoms with Gasteiger partial charge in [-0.1, -0.05) is 20.3 Å². The molecule has 0 aliphatic rings. The second kappa shape index (κ2) is 6.64. The average molecular weight is 272 g/mol. The maximum atomic E-state index is 13.5. The molecule has 5 heteroatoms. The fourth-order valence-corrected chi connectivity index (χ4v) is 3.04. The predicted molar refractivity (Wildman–Crippen MR) is 69.5 cm³/mol. The van der Waals surface area contributed by atoms with Crippen LogP contribution >= 0.6 is 0 Å². The van der Waals surface area contributed by atoms with Crippen molar-refractivity contribution in [3.05, 3.63) is 35.1 Å². The Morgan fingerprint density at radius 3 is 2.72 bits per heavy atom. The van der Waals surface area contributed by atoms with Gasteiger partial charge in [0, 0.05) is 22.1 Å². The zero-order valence-electron chi connectivity index (χ0n) is 10.5. The van der Waals surface area contributed by atoms with Crippen LogP contribution in [0.2, 0.25) is 0 Å². The van der Waals surface area contributed by atoms with Crippen molar-refractivity contribution in [1.29, 1.82) is 0 Å². The van der Waals surface area contributed by atoms with Crippen molar-refractivity contribution in [2.45, 2.75) is 26.0 Å². The maximum Gasteiger partial charge on any atom is 0.335 e. The minimum atomic E-state index is -1.17. The van der Waals surface area contributed by atoms with Crippen molar-refractivity contribution >= 4 is 16.8 Å². The van der Waals surface area contributed by atoms with Crippen LogP contribution in [0.25, 0.3) is 0 Å². The molecule has 2 unspecified atom stereocenters. The summed E-state index contributed by atoms with van der Waals surface area (Å²) in [5.41, 5.74) is 0.225. The summed E-state index contributed by atoms with van der Waals surface area (Å²) in [6, 6.07) is 3.57. The van der Waals surface area contributed by atoms with Crippen LogP contribution in [0.3, 0.4) is 0 Å². The van der Waals surface area contributed by atoms with Crippen LogP contribution < -0.4 is 0 Å². The number of aromatic carboxylic acids is 1. The lowest BCUT2D eigenvalue weighted by Crippen LogP contribution is -2.10. The van der Waals surface area contributed by atoms with Crippen LogP contribution in [0, 0.1) is 11.7 Å². The second-order valence-electron chi connectivity index (χ2n) is 4.38. The van der Waals surface area contributed by atoms with Crippen molar-refractivity contribution in [3.8, 4) is 0 Å². The van der Waals surface area contributed by atoms with E-state index in [9.17, 15) is 13.4 Å². The molecule has 0 radical (unpaired) electrons. The molecule has 0 spiro atoms. The largest absolute Gasteiger partial charge is 0.478 e. The number of carboxylic acid groups (broad SMARTS) is 1. The summed E-state index contributed by atoms with van der Waals surface area (Å²) in [5, 5.41) is 8.82. The van der Waals surface area contributed by atoms with Gasteiger partial charge < -0.3 is 5.11 Å². The van der Waals surface area contributed by atoms with Crippen LogP contribution in [-0.4, -0.2) is 21.0 Å². The second-order valence-corrected chi connectivity index (χ2v) is 5.88. The number of hydrogen-bond donors (Lipinski definition) is 1. The average Bonchev–Trinajstić information content (AvgIpc) is 2.31. The fourth-order valence-electron chi connectivity index (χ4n) is 1.49. The first kappa shape index (κ1) is 14.8. The first-order valence-corrected chi connectivity index (χ1v) is 7.29. The van der Waals surface area contributed by atoms with Gasteiger partial charge in [0.05, 0.1) is 11.3 Å². The molecular formula is C13H17FO3S. The SMILES string of the molecule is CCC(C)CS(=O)Cc1cc(C(=O)O)ccc1F. The summed E-state index contributed by atoms with van der Waals surface area (Å²) in [6.45, 7) is 4.00. The molecule has 2 atom stereocenters. The highest BCUT2D eigenvalue weighted by molar-refractivity contribution is 7.84. The Balaban J connectivity index is 2.80. The minimum Gasteiger partial charge on any atom is -0.478 e. The summed E-state index contributed by atoms with van der Waals surface area (Å²) in [7, 11) is -1.17. The molecule has 0 saturated heterocycles. The quantitative estimate of drug-likeness (QED) is 0.866. The normalized spacial score (nSPS) is 14.2. The van der Waals surface area contributed by atoms with E-state index in [2.05, 4.69) is 0 Å². The van der Waals surface area contributed by atoms with Gasteiger partial charge in [0.2, 0.25) is 0 Å². The maximum absolute atomic E-state index is 13.5. The van der Waals surface area contributed by atoms with Gasteiger partial charge in [-0.15, -0.1) is 0 Å². The van der Waals surface area contributed by atoms with E-state index in [1.807, 2.05) is 13.8 Å². The van der Waals surface area contributed by atoms with Gasteiger partial charge in [-0.25, -0.2) is 9.18 Å². The van der Waals surface area contributed by atoms with Crippen LogP contribution in [0.15, 0.2) is 18.2 Å². The number of hydrogen-bond acceptors (Lipinski definition) is 2. The van der Waals surface area contributed by atoms with E-state index in [0.29, 0.717) is 11.7 Å². The van der Waals surface area contributed by atoms with Crippen molar-refractivity contribution in [1.82, 2.24) is 0 Å². The molecule has 1 aromatic rings. The third-order valence-electron chi connectivity index (χ3n) is 2.78. The molecule has 0 aliphatic carbocycles.